The Morgan fingerprint density at radius 3 is 2.74 bits per heavy atom. The Morgan fingerprint density at radius 1 is 1.13 bits per heavy atom. The normalized spacial score (nSPS) is 28.6. The Labute approximate surface area is 134 Å². The maximum atomic E-state index is 14.1. The largest absolute Gasteiger partial charge is 0.376 e. The van der Waals surface area contributed by atoms with Gasteiger partial charge in [0, 0.05) is 24.7 Å². The molecule has 0 radical (unpaired) electrons. The first kappa shape index (κ1) is 14.8. The molecule has 2 nitrogen and oxygen atoms in total. The average Bonchev–Trinajstić information content (AvgIpc) is 3.10. The molecule has 23 heavy (non-hydrogen) atoms. The van der Waals surface area contributed by atoms with Gasteiger partial charge in [-0.2, -0.15) is 0 Å². The summed E-state index contributed by atoms with van der Waals surface area (Å²) in [5.74, 6) is -0.550. The second-order valence-corrected chi connectivity index (χ2v) is 6.61. The first-order chi connectivity index (χ1) is 11.2. The smallest absolute Gasteiger partial charge is 0.131 e. The van der Waals surface area contributed by atoms with Crippen LogP contribution in [0.2, 0.25) is 0 Å². The van der Waals surface area contributed by atoms with Gasteiger partial charge in [0.2, 0.25) is 0 Å². The molecule has 0 aromatic heterocycles. The summed E-state index contributed by atoms with van der Waals surface area (Å²) < 4.78 is 33.0. The summed E-state index contributed by atoms with van der Waals surface area (Å²) in [6.07, 6.45) is 0.879. The third-order valence-electron chi connectivity index (χ3n) is 4.96. The molecule has 2 aromatic carbocycles. The van der Waals surface area contributed by atoms with Crippen LogP contribution in [0.1, 0.15) is 17.5 Å². The van der Waals surface area contributed by atoms with Crippen LogP contribution in [0.3, 0.4) is 0 Å². The van der Waals surface area contributed by atoms with Crippen LogP contribution in [0.4, 0.5) is 8.78 Å². The van der Waals surface area contributed by atoms with Crippen molar-refractivity contribution in [3.8, 4) is 0 Å². The number of ether oxygens (including phenoxy) is 1. The highest BCUT2D eigenvalue weighted by Gasteiger charge is 2.60. The molecule has 0 N–H and O–H groups in total. The van der Waals surface area contributed by atoms with Crippen molar-refractivity contribution in [3.63, 3.8) is 0 Å². The van der Waals surface area contributed by atoms with Crippen LogP contribution in [0.25, 0.3) is 0 Å². The molecule has 2 heterocycles. The zero-order valence-electron chi connectivity index (χ0n) is 12.8. The van der Waals surface area contributed by atoms with Gasteiger partial charge in [-0.3, -0.25) is 4.90 Å². The second-order valence-electron chi connectivity index (χ2n) is 6.61. The van der Waals surface area contributed by atoms with Crippen molar-refractivity contribution in [3.05, 3.63) is 71.3 Å². The van der Waals surface area contributed by atoms with Gasteiger partial charge in [0.15, 0.2) is 0 Å². The van der Waals surface area contributed by atoms with Crippen LogP contribution < -0.4 is 0 Å². The number of benzene rings is 2. The molecule has 2 aromatic rings. The molecule has 4 heteroatoms. The lowest BCUT2D eigenvalue weighted by Crippen LogP contribution is -2.16. The zero-order valence-corrected chi connectivity index (χ0v) is 12.8. The lowest BCUT2D eigenvalue weighted by molar-refractivity contribution is 0.0872. The van der Waals surface area contributed by atoms with Gasteiger partial charge < -0.3 is 4.74 Å². The summed E-state index contributed by atoms with van der Waals surface area (Å²) in [5.41, 5.74) is 1.57. The van der Waals surface area contributed by atoms with E-state index >= 15 is 0 Å². The lowest BCUT2D eigenvalue weighted by atomic mass is 9.91. The highest BCUT2D eigenvalue weighted by Crippen LogP contribution is 2.53. The summed E-state index contributed by atoms with van der Waals surface area (Å²) >= 11 is 0. The van der Waals surface area contributed by atoms with Gasteiger partial charge in [-0.1, -0.05) is 36.4 Å². The third kappa shape index (κ3) is 2.77. The highest BCUT2D eigenvalue weighted by molar-refractivity contribution is 5.35. The van der Waals surface area contributed by atoms with Crippen LogP contribution in [-0.2, 0) is 16.9 Å². The van der Waals surface area contributed by atoms with Gasteiger partial charge in [0.05, 0.1) is 18.8 Å². The molecule has 4 rings (SSSR count). The minimum atomic E-state index is -0.518. The van der Waals surface area contributed by atoms with Crippen LogP contribution in [-0.4, -0.2) is 24.6 Å². The predicted octanol–water partition coefficient (Wildman–Crippen LogP) is 3.71. The summed E-state index contributed by atoms with van der Waals surface area (Å²) in [6.45, 7) is 3.07. The van der Waals surface area contributed by atoms with Gasteiger partial charge in [-0.05, 0) is 24.0 Å². The fourth-order valence-corrected chi connectivity index (χ4v) is 3.83. The fourth-order valence-electron chi connectivity index (χ4n) is 3.83. The van der Waals surface area contributed by atoms with E-state index in [1.54, 1.807) is 6.07 Å². The summed E-state index contributed by atoms with van der Waals surface area (Å²) in [4.78, 5) is 2.26. The quantitative estimate of drug-likeness (QED) is 0.780. The molecule has 2 saturated heterocycles. The van der Waals surface area contributed by atoms with E-state index in [1.165, 1.54) is 6.07 Å². The molecular formula is C19H19F2NO. The monoisotopic (exact) mass is 315 g/mol. The summed E-state index contributed by atoms with van der Waals surface area (Å²) in [7, 11) is 0. The summed E-state index contributed by atoms with van der Waals surface area (Å²) in [6, 6.07) is 14.0. The summed E-state index contributed by atoms with van der Waals surface area (Å²) in [5, 5.41) is 0. The van der Waals surface area contributed by atoms with E-state index in [1.807, 2.05) is 30.3 Å². The topological polar surface area (TPSA) is 12.2 Å². The SMILES string of the molecule is Fc1ccc([C@@]23C[C@H](COCc4ccccc4)CN2C3)c(F)c1. The molecule has 0 spiro atoms. The maximum absolute atomic E-state index is 14.1. The lowest BCUT2D eigenvalue weighted by Gasteiger charge is -2.16. The van der Waals surface area contributed by atoms with E-state index in [4.69, 9.17) is 4.74 Å². The zero-order chi connectivity index (χ0) is 15.9. The number of piperidine rings is 1. The van der Waals surface area contributed by atoms with E-state index in [0.717, 1.165) is 31.1 Å². The average molecular weight is 315 g/mol. The van der Waals surface area contributed by atoms with Gasteiger partial charge in [-0.15, -0.1) is 0 Å². The van der Waals surface area contributed by atoms with E-state index in [9.17, 15) is 8.78 Å². The number of hydrogen-bond acceptors (Lipinski definition) is 2. The maximum Gasteiger partial charge on any atom is 0.131 e. The van der Waals surface area contributed by atoms with Crippen molar-refractivity contribution in [1.82, 2.24) is 4.90 Å². The van der Waals surface area contributed by atoms with Crippen LogP contribution in [0.5, 0.6) is 0 Å². The van der Waals surface area contributed by atoms with Gasteiger partial charge in [-0.25, -0.2) is 8.78 Å². The Hall–Kier alpha value is -1.78. The number of rotatable bonds is 5. The molecule has 0 bridgehead atoms. The Bertz CT molecular complexity index is 706. The first-order valence-corrected chi connectivity index (χ1v) is 8.00. The van der Waals surface area contributed by atoms with Gasteiger partial charge in [0.1, 0.15) is 11.6 Å². The van der Waals surface area contributed by atoms with Crippen molar-refractivity contribution >= 4 is 0 Å². The number of halogens is 2. The van der Waals surface area contributed by atoms with Gasteiger partial charge in [0.25, 0.3) is 0 Å². The molecule has 3 atom stereocenters. The van der Waals surface area contributed by atoms with Crippen molar-refractivity contribution in [1.29, 1.82) is 0 Å². The van der Waals surface area contributed by atoms with Crippen molar-refractivity contribution in [2.75, 3.05) is 19.7 Å². The predicted molar refractivity (Wildman–Crippen MR) is 83.8 cm³/mol. The Balaban J connectivity index is 1.36. The second kappa shape index (κ2) is 5.69. The molecule has 0 aliphatic carbocycles. The van der Waals surface area contributed by atoms with Gasteiger partial charge >= 0.3 is 0 Å². The van der Waals surface area contributed by atoms with E-state index < -0.39 is 11.6 Å². The first-order valence-electron chi connectivity index (χ1n) is 8.00. The molecule has 120 valence electrons. The molecule has 1 unspecified atom stereocenters. The minimum Gasteiger partial charge on any atom is -0.376 e. The molecule has 2 aliphatic heterocycles. The molecule has 2 fully saturated rings. The molecule has 0 amide bonds. The highest BCUT2D eigenvalue weighted by atomic mass is 19.1. The standard InChI is InChI=1S/C19H19F2NO/c20-16-6-7-17(18(21)8-16)19-9-15(10-22(19)13-19)12-23-11-14-4-2-1-3-5-14/h1-8,15H,9-13H2/t15-,19-,22?/m0/s1. The van der Waals surface area contributed by atoms with Crippen LogP contribution in [0.15, 0.2) is 48.5 Å². The Kier molecular flexibility index (Phi) is 3.66. The van der Waals surface area contributed by atoms with E-state index in [2.05, 4.69) is 4.90 Å². The molecule has 2 aliphatic rings. The molecule has 0 saturated carbocycles. The van der Waals surface area contributed by atoms with E-state index in [0.29, 0.717) is 24.7 Å². The van der Waals surface area contributed by atoms with E-state index in [-0.39, 0.29) is 5.54 Å². The fraction of sp³-hybridized carbons (Fsp3) is 0.368. The van der Waals surface area contributed by atoms with Crippen molar-refractivity contribution < 1.29 is 13.5 Å². The number of nitrogens with zero attached hydrogens (tertiary/aromatic N) is 1. The Morgan fingerprint density at radius 2 is 1.96 bits per heavy atom. The van der Waals surface area contributed by atoms with Crippen molar-refractivity contribution in [2.24, 2.45) is 5.92 Å². The minimum absolute atomic E-state index is 0.224. The third-order valence-corrected chi connectivity index (χ3v) is 4.96. The number of hydrogen-bond donors (Lipinski definition) is 0. The van der Waals surface area contributed by atoms with Crippen LogP contribution >= 0.6 is 0 Å². The molecular weight excluding hydrogens is 296 g/mol. The number of fused-ring (bicyclic) bond motifs is 1. The van der Waals surface area contributed by atoms with Crippen LogP contribution in [0, 0.1) is 17.6 Å². The van der Waals surface area contributed by atoms with Crippen molar-refractivity contribution in [2.45, 2.75) is 18.6 Å².